The number of halogens is 1. The van der Waals surface area contributed by atoms with Gasteiger partial charge in [0.25, 0.3) is 5.91 Å². The monoisotopic (exact) mass is 308 g/mol. The highest BCUT2D eigenvalue weighted by Gasteiger charge is 2.41. The molecule has 22 heavy (non-hydrogen) atoms. The fourth-order valence-corrected chi connectivity index (χ4v) is 2.61. The van der Waals surface area contributed by atoms with Gasteiger partial charge in [-0.3, -0.25) is 9.59 Å². The van der Waals surface area contributed by atoms with Gasteiger partial charge in [-0.25, -0.2) is 4.39 Å². The highest BCUT2D eigenvalue weighted by Crippen LogP contribution is 2.21. The van der Waals surface area contributed by atoms with Crippen LogP contribution in [0.1, 0.15) is 19.4 Å². The van der Waals surface area contributed by atoms with E-state index in [-0.39, 0.29) is 24.2 Å². The molecule has 0 spiro atoms. The van der Waals surface area contributed by atoms with Crippen LogP contribution in [0.2, 0.25) is 0 Å². The molecule has 1 heterocycles. The van der Waals surface area contributed by atoms with Crippen LogP contribution in [0.5, 0.6) is 0 Å². The average molecular weight is 308 g/mol. The number of carbonyl (C=O) groups excluding carboxylic acids is 2. The van der Waals surface area contributed by atoms with E-state index in [2.05, 4.69) is 0 Å². The molecule has 2 amide bonds. The lowest BCUT2D eigenvalue weighted by molar-refractivity contribution is -0.170. The van der Waals surface area contributed by atoms with Crippen molar-refractivity contribution in [2.75, 3.05) is 26.7 Å². The van der Waals surface area contributed by atoms with E-state index in [0.29, 0.717) is 19.7 Å². The normalized spacial score (nSPS) is 21.5. The summed E-state index contributed by atoms with van der Waals surface area (Å²) in [5, 5.41) is 0. The van der Waals surface area contributed by atoms with Crippen LogP contribution >= 0.6 is 0 Å². The van der Waals surface area contributed by atoms with Crippen molar-refractivity contribution in [2.45, 2.75) is 26.0 Å². The lowest BCUT2D eigenvalue weighted by Gasteiger charge is -2.40. The first kappa shape index (κ1) is 16.4. The first-order valence-electron chi connectivity index (χ1n) is 7.21. The second-order valence-electron chi connectivity index (χ2n) is 5.81. The van der Waals surface area contributed by atoms with Crippen molar-refractivity contribution in [1.82, 2.24) is 9.80 Å². The van der Waals surface area contributed by atoms with Gasteiger partial charge in [-0.05, 0) is 24.6 Å². The molecule has 1 aliphatic heterocycles. The predicted molar refractivity (Wildman–Crippen MR) is 79.5 cm³/mol. The van der Waals surface area contributed by atoms with Crippen LogP contribution in [0.4, 0.5) is 4.39 Å². The highest BCUT2D eigenvalue weighted by molar-refractivity contribution is 5.86. The quantitative estimate of drug-likeness (QED) is 0.848. The van der Waals surface area contributed by atoms with E-state index in [1.165, 1.54) is 24.0 Å². The van der Waals surface area contributed by atoms with E-state index >= 15 is 0 Å². The predicted octanol–water partition coefficient (Wildman–Crippen LogP) is 1.42. The lowest BCUT2D eigenvalue weighted by Crippen LogP contribution is -2.59. The Hall–Kier alpha value is -1.95. The van der Waals surface area contributed by atoms with Gasteiger partial charge in [0.05, 0.1) is 13.2 Å². The van der Waals surface area contributed by atoms with Gasteiger partial charge in [-0.15, -0.1) is 0 Å². The minimum atomic E-state index is -1.04. The number of carbonyl (C=O) groups is 2. The number of hydrogen-bond donors (Lipinski definition) is 0. The van der Waals surface area contributed by atoms with Gasteiger partial charge >= 0.3 is 0 Å². The summed E-state index contributed by atoms with van der Waals surface area (Å²) in [4.78, 5) is 27.3. The SMILES string of the molecule is CC(=O)N1CCO[C@](C)(C(=O)N(C)Cc2ccc(F)cc2)C1. The zero-order valence-corrected chi connectivity index (χ0v) is 13.1. The fourth-order valence-electron chi connectivity index (χ4n) is 2.61. The van der Waals surface area contributed by atoms with Crippen molar-refractivity contribution in [3.63, 3.8) is 0 Å². The topological polar surface area (TPSA) is 49.9 Å². The standard InChI is InChI=1S/C16H21FN2O3/c1-12(20)19-8-9-22-16(2,11-19)15(21)18(3)10-13-4-6-14(17)7-5-13/h4-7H,8-11H2,1-3H3/t16-/m0/s1. The number of nitrogens with zero attached hydrogens (tertiary/aromatic N) is 2. The molecule has 0 radical (unpaired) electrons. The molecule has 1 aromatic rings. The molecule has 5 nitrogen and oxygen atoms in total. The van der Waals surface area contributed by atoms with Crippen molar-refractivity contribution in [1.29, 1.82) is 0 Å². The Morgan fingerprint density at radius 3 is 2.59 bits per heavy atom. The number of ether oxygens (including phenoxy) is 1. The maximum atomic E-state index is 12.9. The van der Waals surface area contributed by atoms with Crippen LogP contribution in [-0.2, 0) is 20.9 Å². The van der Waals surface area contributed by atoms with Crippen LogP contribution in [-0.4, -0.2) is 54.0 Å². The minimum absolute atomic E-state index is 0.0662. The summed E-state index contributed by atoms with van der Waals surface area (Å²) in [6, 6.07) is 6.02. The van der Waals surface area contributed by atoms with Crippen LogP contribution in [0.25, 0.3) is 0 Å². The summed E-state index contributed by atoms with van der Waals surface area (Å²) in [7, 11) is 1.67. The Bertz CT molecular complexity index is 561. The first-order chi connectivity index (χ1) is 10.3. The number of benzene rings is 1. The molecular weight excluding hydrogens is 287 g/mol. The number of morpholine rings is 1. The Kier molecular flexibility index (Phi) is 4.81. The molecule has 0 bridgehead atoms. The number of rotatable bonds is 3. The third kappa shape index (κ3) is 3.62. The van der Waals surface area contributed by atoms with E-state index in [0.717, 1.165) is 5.56 Å². The molecule has 1 aromatic carbocycles. The van der Waals surface area contributed by atoms with Gasteiger partial charge in [0.15, 0.2) is 5.60 Å². The van der Waals surface area contributed by atoms with Crippen molar-refractivity contribution in [3.05, 3.63) is 35.6 Å². The van der Waals surface area contributed by atoms with Crippen molar-refractivity contribution < 1.29 is 18.7 Å². The van der Waals surface area contributed by atoms with E-state index in [1.54, 1.807) is 31.0 Å². The van der Waals surface area contributed by atoms with E-state index in [9.17, 15) is 14.0 Å². The summed E-state index contributed by atoms with van der Waals surface area (Å²) >= 11 is 0. The lowest BCUT2D eigenvalue weighted by atomic mass is 10.0. The molecule has 6 heteroatoms. The third-order valence-corrected chi connectivity index (χ3v) is 3.85. The molecule has 0 aromatic heterocycles. The molecule has 120 valence electrons. The zero-order chi connectivity index (χ0) is 16.3. The maximum absolute atomic E-state index is 12.9. The Morgan fingerprint density at radius 2 is 2.00 bits per heavy atom. The van der Waals surface area contributed by atoms with Crippen LogP contribution < -0.4 is 0 Å². The summed E-state index contributed by atoms with van der Waals surface area (Å²) in [6.45, 7) is 4.63. The smallest absolute Gasteiger partial charge is 0.256 e. The van der Waals surface area contributed by atoms with Gasteiger partial charge < -0.3 is 14.5 Å². The summed E-state index contributed by atoms with van der Waals surface area (Å²) in [5.74, 6) is -0.566. The molecular formula is C16H21FN2O3. The molecule has 0 N–H and O–H groups in total. The second kappa shape index (κ2) is 6.44. The van der Waals surface area contributed by atoms with Crippen molar-refractivity contribution in [3.8, 4) is 0 Å². The summed E-state index contributed by atoms with van der Waals surface area (Å²) in [5.41, 5.74) is -0.210. The largest absolute Gasteiger partial charge is 0.362 e. The highest BCUT2D eigenvalue weighted by atomic mass is 19.1. The van der Waals surface area contributed by atoms with Gasteiger partial charge in [0.1, 0.15) is 5.82 Å². The molecule has 0 unspecified atom stereocenters. The van der Waals surface area contributed by atoms with Gasteiger partial charge in [0.2, 0.25) is 5.91 Å². The number of hydrogen-bond acceptors (Lipinski definition) is 3. The average Bonchev–Trinajstić information content (AvgIpc) is 2.48. The molecule has 2 rings (SSSR count). The van der Waals surface area contributed by atoms with Gasteiger partial charge in [0, 0.05) is 27.1 Å². The molecule has 1 atom stereocenters. The third-order valence-electron chi connectivity index (χ3n) is 3.85. The van der Waals surface area contributed by atoms with E-state index < -0.39 is 5.60 Å². The summed E-state index contributed by atoms with van der Waals surface area (Å²) < 4.78 is 18.6. The summed E-state index contributed by atoms with van der Waals surface area (Å²) in [6.07, 6.45) is 0. The molecule has 0 aliphatic carbocycles. The molecule has 1 saturated heterocycles. The Morgan fingerprint density at radius 1 is 1.36 bits per heavy atom. The maximum Gasteiger partial charge on any atom is 0.256 e. The number of amides is 2. The van der Waals surface area contributed by atoms with Crippen molar-refractivity contribution in [2.24, 2.45) is 0 Å². The van der Waals surface area contributed by atoms with Crippen LogP contribution in [0, 0.1) is 5.82 Å². The van der Waals surface area contributed by atoms with Crippen molar-refractivity contribution >= 4 is 11.8 Å². The molecule has 0 saturated carbocycles. The van der Waals surface area contributed by atoms with Crippen LogP contribution in [0.3, 0.4) is 0 Å². The van der Waals surface area contributed by atoms with E-state index in [4.69, 9.17) is 4.74 Å². The number of likely N-dealkylation sites (N-methyl/N-ethyl adjacent to an activating group) is 1. The second-order valence-corrected chi connectivity index (χ2v) is 5.81. The Labute approximate surface area is 129 Å². The molecule has 1 fully saturated rings. The van der Waals surface area contributed by atoms with Gasteiger partial charge in [-0.2, -0.15) is 0 Å². The minimum Gasteiger partial charge on any atom is -0.362 e. The van der Waals surface area contributed by atoms with Gasteiger partial charge in [-0.1, -0.05) is 12.1 Å². The molecule has 1 aliphatic rings. The van der Waals surface area contributed by atoms with Crippen LogP contribution in [0.15, 0.2) is 24.3 Å². The fraction of sp³-hybridized carbons (Fsp3) is 0.500. The first-order valence-corrected chi connectivity index (χ1v) is 7.21. The zero-order valence-electron chi connectivity index (χ0n) is 13.1. The Balaban J connectivity index is 2.05. The van der Waals surface area contributed by atoms with E-state index in [1.807, 2.05) is 0 Å².